The Morgan fingerprint density at radius 2 is 1.95 bits per heavy atom. The number of nitrogens with zero attached hydrogens (tertiary/aromatic N) is 2. The summed E-state index contributed by atoms with van der Waals surface area (Å²) >= 11 is 0. The Balaban J connectivity index is 2.07. The van der Waals surface area contributed by atoms with Crippen LogP contribution in [-0.2, 0) is 0 Å². The van der Waals surface area contributed by atoms with Crippen molar-refractivity contribution in [3.05, 3.63) is 35.4 Å². The molecule has 0 aromatic heterocycles. The molecule has 4 heteroatoms. The fourth-order valence-electron chi connectivity index (χ4n) is 2.77. The summed E-state index contributed by atoms with van der Waals surface area (Å²) in [6.45, 7) is 8.19. The van der Waals surface area contributed by atoms with Crippen molar-refractivity contribution >= 4 is 5.96 Å². The summed E-state index contributed by atoms with van der Waals surface area (Å²) in [7, 11) is 0. The molecule has 0 amide bonds. The van der Waals surface area contributed by atoms with Gasteiger partial charge in [0.2, 0.25) is 0 Å². The van der Waals surface area contributed by atoms with Gasteiger partial charge in [0, 0.05) is 6.54 Å². The molecular formula is C17H28N4. The number of rotatable bonds is 6. The van der Waals surface area contributed by atoms with Gasteiger partial charge in [0.05, 0.1) is 12.6 Å². The Bertz CT molecular complexity index is 446. The third-order valence-electron chi connectivity index (χ3n) is 4.03. The number of benzene rings is 1. The standard InChI is InChI=1S/C17H28N4/c1-3-10-19-17(18)20-13-16(21-11-4-5-12-21)15-8-6-14(2)7-9-15/h6-9,16H,3-5,10-13H2,1-2H3,(H3,18,19,20). The minimum absolute atomic E-state index is 0.343. The minimum atomic E-state index is 0.343. The molecule has 1 saturated heterocycles. The number of nitrogens with one attached hydrogen (secondary N) is 1. The molecule has 21 heavy (non-hydrogen) atoms. The molecule has 0 bridgehead atoms. The SMILES string of the molecule is CCCNC(N)=NCC(c1ccc(C)cc1)N1CCCC1. The predicted octanol–water partition coefficient (Wildman–Crippen LogP) is 2.45. The Morgan fingerprint density at radius 3 is 2.57 bits per heavy atom. The molecule has 1 aliphatic heterocycles. The van der Waals surface area contributed by atoms with Gasteiger partial charge in [-0.25, -0.2) is 0 Å². The maximum Gasteiger partial charge on any atom is 0.188 e. The number of aryl methyl sites for hydroxylation is 1. The van der Waals surface area contributed by atoms with Gasteiger partial charge in [-0.3, -0.25) is 9.89 Å². The van der Waals surface area contributed by atoms with Crippen molar-refractivity contribution in [3.8, 4) is 0 Å². The molecular weight excluding hydrogens is 260 g/mol. The molecule has 1 fully saturated rings. The number of aliphatic imine (C=N–C) groups is 1. The zero-order chi connectivity index (χ0) is 15.1. The summed E-state index contributed by atoms with van der Waals surface area (Å²) in [5, 5.41) is 3.15. The van der Waals surface area contributed by atoms with Crippen LogP contribution < -0.4 is 11.1 Å². The highest BCUT2D eigenvalue weighted by molar-refractivity contribution is 5.77. The van der Waals surface area contributed by atoms with Crippen LogP contribution >= 0.6 is 0 Å². The summed E-state index contributed by atoms with van der Waals surface area (Å²) in [6, 6.07) is 9.16. The van der Waals surface area contributed by atoms with Gasteiger partial charge in [0.25, 0.3) is 0 Å². The maximum absolute atomic E-state index is 5.93. The third-order valence-corrected chi connectivity index (χ3v) is 4.03. The second-order valence-electron chi connectivity index (χ2n) is 5.82. The Kier molecular flexibility index (Phi) is 6.05. The molecule has 0 saturated carbocycles. The van der Waals surface area contributed by atoms with E-state index in [1.165, 1.54) is 24.0 Å². The lowest BCUT2D eigenvalue weighted by atomic mass is 10.0. The van der Waals surface area contributed by atoms with E-state index in [1.54, 1.807) is 0 Å². The van der Waals surface area contributed by atoms with Crippen molar-refractivity contribution < 1.29 is 0 Å². The molecule has 3 N–H and O–H groups in total. The van der Waals surface area contributed by atoms with Crippen LogP contribution in [0.4, 0.5) is 0 Å². The molecule has 0 spiro atoms. The summed E-state index contributed by atoms with van der Waals surface area (Å²) in [5.74, 6) is 0.563. The maximum atomic E-state index is 5.93. The first kappa shape index (κ1) is 15.8. The van der Waals surface area contributed by atoms with Crippen molar-refractivity contribution in [2.75, 3.05) is 26.2 Å². The van der Waals surface area contributed by atoms with Crippen LogP contribution in [0, 0.1) is 6.92 Å². The van der Waals surface area contributed by atoms with Crippen molar-refractivity contribution in [3.63, 3.8) is 0 Å². The minimum Gasteiger partial charge on any atom is -0.370 e. The van der Waals surface area contributed by atoms with E-state index in [0.717, 1.165) is 32.6 Å². The lowest BCUT2D eigenvalue weighted by Gasteiger charge is -2.26. The second-order valence-corrected chi connectivity index (χ2v) is 5.82. The quantitative estimate of drug-likeness (QED) is 0.624. The van der Waals surface area contributed by atoms with Gasteiger partial charge in [-0.2, -0.15) is 0 Å². The van der Waals surface area contributed by atoms with E-state index in [2.05, 4.69) is 53.3 Å². The average molecular weight is 288 g/mol. The normalized spacial score (nSPS) is 17.9. The molecule has 4 nitrogen and oxygen atoms in total. The van der Waals surface area contributed by atoms with Gasteiger partial charge in [-0.15, -0.1) is 0 Å². The van der Waals surface area contributed by atoms with Crippen LogP contribution in [0.5, 0.6) is 0 Å². The van der Waals surface area contributed by atoms with Gasteiger partial charge in [-0.1, -0.05) is 36.8 Å². The van der Waals surface area contributed by atoms with Crippen LogP contribution in [-0.4, -0.2) is 37.0 Å². The molecule has 116 valence electrons. The molecule has 1 aliphatic rings. The van der Waals surface area contributed by atoms with Crippen molar-refractivity contribution in [1.82, 2.24) is 10.2 Å². The lowest BCUT2D eigenvalue weighted by molar-refractivity contribution is 0.251. The van der Waals surface area contributed by atoms with Gasteiger partial charge >= 0.3 is 0 Å². The number of guanidine groups is 1. The highest BCUT2D eigenvalue weighted by Crippen LogP contribution is 2.25. The van der Waals surface area contributed by atoms with E-state index in [1.807, 2.05) is 0 Å². The number of hydrogen-bond donors (Lipinski definition) is 2. The molecule has 0 aliphatic carbocycles. The summed E-state index contributed by atoms with van der Waals surface area (Å²) in [4.78, 5) is 7.08. The average Bonchev–Trinajstić information content (AvgIpc) is 3.01. The highest BCUT2D eigenvalue weighted by atomic mass is 15.2. The molecule has 1 unspecified atom stereocenters. The van der Waals surface area contributed by atoms with Crippen LogP contribution in [0.2, 0.25) is 0 Å². The first-order valence-corrected chi connectivity index (χ1v) is 8.05. The van der Waals surface area contributed by atoms with Crippen molar-refractivity contribution in [2.24, 2.45) is 10.7 Å². The van der Waals surface area contributed by atoms with Gasteiger partial charge in [0.15, 0.2) is 5.96 Å². The van der Waals surface area contributed by atoms with Crippen LogP contribution in [0.15, 0.2) is 29.3 Å². The van der Waals surface area contributed by atoms with Gasteiger partial charge in [-0.05, 0) is 44.8 Å². The molecule has 0 radical (unpaired) electrons. The second kappa shape index (κ2) is 8.03. The van der Waals surface area contributed by atoms with Crippen molar-refractivity contribution in [2.45, 2.75) is 39.2 Å². The lowest BCUT2D eigenvalue weighted by Crippen LogP contribution is -2.34. The highest BCUT2D eigenvalue weighted by Gasteiger charge is 2.23. The molecule has 2 rings (SSSR count). The molecule has 1 atom stereocenters. The van der Waals surface area contributed by atoms with E-state index >= 15 is 0 Å². The monoisotopic (exact) mass is 288 g/mol. The molecule has 1 aromatic carbocycles. The topological polar surface area (TPSA) is 53.6 Å². The fraction of sp³-hybridized carbons (Fsp3) is 0.588. The Labute approximate surface area is 128 Å². The largest absolute Gasteiger partial charge is 0.370 e. The van der Waals surface area contributed by atoms with E-state index in [4.69, 9.17) is 5.73 Å². The Hall–Kier alpha value is -1.55. The number of hydrogen-bond acceptors (Lipinski definition) is 2. The van der Waals surface area contributed by atoms with Crippen LogP contribution in [0.3, 0.4) is 0 Å². The smallest absolute Gasteiger partial charge is 0.188 e. The molecule has 1 aromatic rings. The van der Waals surface area contributed by atoms with Crippen LogP contribution in [0.1, 0.15) is 43.4 Å². The third kappa shape index (κ3) is 4.74. The van der Waals surface area contributed by atoms with Crippen LogP contribution in [0.25, 0.3) is 0 Å². The first-order valence-electron chi connectivity index (χ1n) is 8.05. The summed E-state index contributed by atoms with van der Waals surface area (Å²) in [5.41, 5.74) is 8.57. The van der Waals surface area contributed by atoms with E-state index < -0.39 is 0 Å². The van der Waals surface area contributed by atoms with E-state index in [-0.39, 0.29) is 0 Å². The number of likely N-dealkylation sites (tertiary alicyclic amines) is 1. The first-order chi connectivity index (χ1) is 10.2. The predicted molar refractivity (Wildman–Crippen MR) is 89.5 cm³/mol. The van der Waals surface area contributed by atoms with Gasteiger partial charge < -0.3 is 11.1 Å². The Morgan fingerprint density at radius 1 is 1.29 bits per heavy atom. The zero-order valence-corrected chi connectivity index (χ0v) is 13.3. The van der Waals surface area contributed by atoms with E-state index in [0.29, 0.717) is 12.0 Å². The summed E-state index contributed by atoms with van der Waals surface area (Å²) in [6.07, 6.45) is 3.63. The number of nitrogens with two attached hydrogens (primary N) is 1. The van der Waals surface area contributed by atoms with Gasteiger partial charge in [0.1, 0.15) is 0 Å². The zero-order valence-electron chi connectivity index (χ0n) is 13.3. The van der Waals surface area contributed by atoms with E-state index in [9.17, 15) is 0 Å². The summed E-state index contributed by atoms with van der Waals surface area (Å²) < 4.78 is 0. The molecule has 1 heterocycles. The fourth-order valence-corrected chi connectivity index (χ4v) is 2.77. The van der Waals surface area contributed by atoms with Crippen molar-refractivity contribution in [1.29, 1.82) is 0 Å².